The highest BCUT2D eigenvalue weighted by Gasteiger charge is 2.34. The summed E-state index contributed by atoms with van der Waals surface area (Å²) in [7, 11) is 0. The molecule has 0 saturated heterocycles. The maximum Gasteiger partial charge on any atom is 0.326 e. The molecular formula is C47H87N11O10S2. The molecule has 0 saturated carbocycles. The van der Waals surface area contributed by atoms with Crippen LogP contribution in [0.2, 0.25) is 0 Å². The molecule has 0 radical (unpaired) electrons. The highest BCUT2D eigenvalue weighted by molar-refractivity contribution is 7.98. The molecule has 70 heavy (non-hydrogen) atoms. The van der Waals surface area contributed by atoms with Gasteiger partial charge in [-0.15, -0.1) is 0 Å². The van der Waals surface area contributed by atoms with E-state index in [1.807, 2.05) is 13.2 Å². The van der Waals surface area contributed by atoms with Gasteiger partial charge in [-0.3, -0.25) is 24.0 Å². The van der Waals surface area contributed by atoms with Crippen molar-refractivity contribution in [3.05, 3.63) is 17.7 Å². The number of thioether (sulfide) groups is 1. The van der Waals surface area contributed by atoms with Crippen LogP contribution in [0.4, 0.5) is 0 Å². The average molecular weight is 1030 g/mol. The van der Waals surface area contributed by atoms with Crippen LogP contribution in [0.5, 0.6) is 17.2 Å². The first-order chi connectivity index (χ1) is 33.5. The lowest BCUT2D eigenvalue weighted by Crippen LogP contribution is -2.60. The van der Waals surface area contributed by atoms with Crippen LogP contribution >= 0.6 is 24.4 Å². The summed E-state index contributed by atoms with van der Waals surface area (Å²) < 4.78 is 18.7. The first kappa shape index (κ1) is 63.9. The fraction of sp³-hybridized carbons (Fsp3) is 0.745. The number of hydrogen-bond acceptors (Lipinski definition) is 17. The van der Waals surface area contributed by atoms with E-state index in [0.29, 0.717) is 114 Å². The smallest absolute Gasteiger partial charge is 0.326 e. The normalized spacial score (nSPS) is 13.6. The van der Waals surface area contributed by atoms with Crippen molar-refractivity contribution < 1.29 is 48.1 Å². The lowest BCUT2D eigenvalue weighted by atomic mass is 9.96. The monoisotopic (exact) mass is 1030 g/mol. The molecule has 21 nitrogen and oxygen atoms in total. The molecule has 0 fully saturated rings. The van der Waals surface area contributed by atoms with Gasteiger partial charge in [0, 0.05) is 24.3 Å². The van der Waals surface area contributed by atoms with Gasteiger partial charge in [-0.05, 0) is 132 Å². The number of carboxylic acids is 1. The summed E-state index contributed by atoms with van der Waals surface area (Å²) in [6, 6.07) is -1.12. The second-order valence-corrected chi connectivity index (χ2v) is 19.2. The van der Waals surface area contributed by atoms with E-state index < -0.39 is 59.7 Å². The number of nitrogens with one attached hydrogen (secondary N) is 5. The van der Waals surface area contributed by atoms with Gasteiger partial charge in [0.05, 0.1) is 19.8 Å². The van der Waals surface area contributed by atoms with Crippen molar-refractivity contribution in [2.75, 3.05) is 83.4 Å². The number of carbonyl (C=O) groups is 6. The number of carbonyl (C=O) groups excluding carboxylic acids is 5. The van der Waals surface area contributed by atoms with Crippen molar-refractivity contribution in [1.29, 1.82) is 0 Å². The minimum Gasteiger partial charge on any atom is -0.490 e. The molecular weight excluding hydrogens is 943 g/mol. The van der Waals surface area contributed by atoms with Gasteiger partial charge >= 0.3 is 5.97 Å². The molecule has 0 aromatic heterocycles. The number of benzene rings is 1. The summed E-state index contributed by atoms with van der Waals surface area (Å²) in [5, 5.41) is 23.2. The van der Waals surface area contributed by atoms with Gasteiger partial charge in [0.2, 0.25) is 29.4 Å². The molecule has 0 heterocycles. The zero-order valence-electron chi connectivity index (χ0n) is 42.1. The second kappa shape index (κ2) is 36.8. The maximum absolute atomic E-state index is 13.6. The van der Waals surface area contributed by atoms with Crippen LogP contribution in [0, 0.1) is 29.6 Å². The van der Waals surface area contributed by atoms with Gasteiger partial charge in [0.15, 0.2) is 11.5 Å². The van der Waals surface area contributed by atoms with E-state index in [9.17, 15) is 33.9 Å². The van der Waals surface area contributed by atoms with Crippen molar-refractivity contribution in [2.45, 2.75) is 110 Å². The van der Waals surface area contributed by atoms with Gasteiger partial charge in [0.25, 0.3) is 5.91 Å². The number of ether oxygens (including phenoxy) is 3. The van der Waals surface area contributed by atoms with Gasteiger partial charge in [-0.1, -0.05) is 40.5 Å². The third-order valence-electron chi connectivity index (χ3n) is 12.1. The van der Waals surface area contributed by atoms with Gasteiger partial charge in [0.1, 0.15) is 24.2 Å². The fourth-order valence-electron chi connectivity index (χ4n) is 6.90. The first-order valence-corrected chi connectivity index (χ1v) is 26.6. The summed E-state index contributed by atoms with van der Waals surface area (Å²) >= 11 is 5.73. The van der Waals surface area contributed by atoms with E-state index in [-0.39, 0.29) is 73.6 Å². The lowest BCUT2D eigenvalue weighted by molar-refractivity contribution is -0.142. The average Bonchev–Trinajstić information content (AvgIpc) is 3.34. The van der Waals surface area contributed by atoms with Crippen LogP contribution < -0.4 is 75.2 Å². The van der Waals surface area contributed by atoms with Crippen molar-refractivity contribution in [3.8, 4) is 17.2 Å². The SMILES string of the molecule is CC[C@H](C)[C@H](NC(=O)[C@@H](NC(=O)[C@H](CS)NC(=O)CCCCCNC(=O)c1cc(OCCC(CN)CN)c(OCCC(CN)CN)c(OCCC(CN)CN)c1)C(C)C)C(=O)N[C@@H](CCSC)C(=O)O. The molecule has 5 atom stereocenters. The molecule has 0 spiro atoms. The van der Waals surface area contributed by atoms with Gasteiger partial charge in [-0.25, -0.2) is 4.79 Å². The highest BCUT2D eigenvalue weighted by Crippen LogP contribution is 2.40. The Labute approximate surface area is 425 Å². The maximum atomic E-state index is 13.6. The van der Waals surface area contributed by atoms with Crippen LogP contribution in [0.3, 0.4) is 0 Å². The Morgan fingerprint density at radius 1 is 0.657 bits per heavy atom. The summed E-state index contributed by atoms with van der Waals surface area (Å²) in [5.41, 5.74) is 35.5. The number of amides is 5. The van der Waals surface area contributed by atoms with Crippen molar-refractivity contribution in [2.24, 2.45) is 64.0 Å². The molecule has 1 aromatic carbocycles. The van der Waals surface area contributed by atoms with Crippen LogP contribution in [0.15, 0.2) is 12.1 Å². The number of rotatable bonds is 40. The Hall–Kier alpha value is -4.10. The largest absolute Gasteiger partial charge is 0.490 e. The molecule has 23 heteroatoms. The number of unbranched alkanes of at least 4 members (excludes halogenated alkanes) is 2. The predicted molar refractivity (Wildman–Crippen MR) is 279 cm³/mol. The predicted octanol–water partition coefficient (Wildman–Crippen LogP) is 0.293. The van der Waals surface area contributed by atoms with Crippen molar-refractivity contribution in [1.82, 2.24) is 26.6 Å². The van der Waals surface area contributed by atoms with E-state index in [1.165, 1.54) is 11.8 Å². The molecule has 0 aliphatic rings. The quantitative estimate of drug-likeness (QED) is 0.0310. The molecule has 1 aromatic rings. The number of aliphatic carboxylic acids is 1. The molecule has 0 aliphatic carbocycles. The highest BCUT2D eigenvalue weighted by atomic mass is 32.2. The van der Waals surface area contributed by atoms with Crippen LogP contribution in [-0.4, -0.2) is 148 Å². The zero-order chi connectivity index (χ0) is 52.6. The van der Waals surface area contributed by atoms with E-state index in [0.717, 1.165) is 0 Å². The number of carboxylic acid groups (broad SMARTS) is 1. The Balaban J connectivity index is 2.99. The van der Waals surface area contributed by atoms with Crippen LogP contribution in [0.1, 0.15) is 95.8 Å². The third kappa shape index (κ3) is 23.9. The summed E-state index contributed by atoms with van der Waals surface area (Å²) in [6.45, 7) is 10.5. The molecule has 0 unspecified atom stereocenters. The number of hydrogen-bond donors (Lipinski definition) is 13. The van der Waals surface area contributed by atoms with Crippen LogP contribution in [-0.2, 0) is 24.0 Å². The summed E-state index contributed by atoms with van der Waals surface area (Å²) in [5.74, 6) is -3.06. The molecule has 402 valence electrons. The fourth-order valence-corrected chi connectivity index (χ4v) is 7.63. The Morgan fingerprint density at radius 2 is 1.16 bits per heavy atom. The molecule has 18 N–H and O–H groups in total. The Bertz CT molecular complexity index is 1670. The van der Waals surface area contributed by atoms with E-state index in [2.05, 4.69) is 39.2 Å². The van der Waals surface area contributed by atoms with E-state index in [1.54, 1.807) is 32.9 Å². The minimum atomic E-state index is -1.18. The number of thiol groups is 1. The minimum absolute atomic E-state index is 0.0402. The second-order valence-electron chi connectivity index (χ2n) is 17.9. The number of nitrogens with two attached hydrogens (primary N) is 6. The van der Waals surface area contributed by atoms with Crippen molar-refractivity contribution >= 4 is 59.9 Å². The van der Waals surface area contributed by atoms with Crippen molar-refractivity contribution in [3.63, 3.8) is 0 Å². The summed E-state index contributed by atoms with van der Waals surface area (Å²) in [4.78, 5) is 78.8. The van der Waals surface area contributed by atoms with E-state index in [4.69, 9.17) is 48.6 Å². The molecule has 0 aliphatic heterocycles. The molecule has 1 rings (SSSR count). The zero-order valence-corrected chi connectivity index (χ0v) is 43.9. The Morgan fingerprint density at radius 3 is 1.61 bits per heavy atom. The Kier molecular flexibility index (Phi) is 33.6. The van der Waals surface area contributed by atoms with E-state index >= 15 is 0 Å². The van der Waals surface area contributed by atoms with Gasteiger partial charge < -0.3 is 80.3 Å². The molecule has 0 bridgehead atoms. The third-order valence-corrected chi connectivity index (χ3v) is 13.1. The first-order valence-electron chi connectivity index (χ1n) is 24.6. The topological polar surface area (TPSA) is 367 Å². The molecule has 5 amide bonds. The van der Waals surface area contributed by atoms with Crippen LogP contribution in [0.25, 0.3) is 0 Å². The summed E-state index contributed by atoms with van der Waals surface area (Å²) in [6.07, 6.45) is 5.95. The standard InChI is InChI=1S/C47H87N11O10S2/c1-6-30(4)41(46(63)56-35(47(64)65)14-19-70-5)58-45(62)40(29(2)3)57-44(61)36(28-69)55-39(59)10-8-7-9-15-54-43(60)34-20-37(66-16-11-31(22-48)23-49)42(68-18-13-33(26-52)27-53)38(21-34)67-17-12-32(24-50)25-51/h20-21,29-33,35-36,40-41,69H,6-19,22-28,48-53H2,1-5H3,(H,54,60)(H,55,59)(H,56,63)(H,57,61)(H,58,62)(H,64,65)/t30-,35-,36-,40-,41-/m0/s1. The lowest BCUT2D eigenvalue weighted by Gasteiger charge is -2.29. The van der Waals surface area contributed by atoms with Gasteiger partial charge in [-0.2, -0.15) is 24.4 Å².